The molecule has 4 N–H and O–H groups in total. The van der Waals surface area contributed by atoms with E-state index in [1.54, 1.807) is 0 Å². The number of unbranched alkanes of at least 4 members (excludes halogenated alkanes) is 3. The summed E-state index contributed by atoms with van der Waals surface area (Å²) in [5.74, 6) is -2.70. The zero-order valence-corrected chi connectivity index (χ0v) is 36.5. The minimum atomic E-state index is -4.38. The third-order valence-electron chi connectivity index (χ3n) is 11.9. The Morgan fingerprint density at radius 2 is 1.49 bits per heavy atom. The lowest BCUT2D eigenvalue weighted by molar-refractivity contribution is -0.437. The second-order valence-corrected chi connectivity index (χ2v) is 18.7. The molecule has 11 nitrogen and oxygen atoms in total. The van der Waals surface area contributed by atoms with Crippen LogP contribution in [-0.2, 0) is 35.3 Å². The van der Waals surface area contributed by atoms with Crippen molar-refractivity contribution in [3.8, 4) is 0 Å². The van der Waals surface area contributed by atoms with E-state index in [0.717, 1.165) is 60.6 Å². The van der Waals surface area contributed by atoms with Crippen LogP contribution >= 0.6 is 0 Å². The Kier molecular flexibility index (Phi) is 14.6. The molecule has 318 valence electrons. The van der Waals surface area contributed by atoms with Gasteiger partial charge in [0.25, 0.3) is 10.1 Å². The first-order valence-corrected chi connectivity index (χ1v) is 22.7. The van der Waals surface area contributed by atoms with Gasteiger partial charge in [-0.15, -0.1) is 0 Å². The molecular formula is C47H63N4O7S+. The van der Waals surface area contributed by atoms with E-state index in [1.165, 1.54) is 16.8 Å². The Balaban J connectivity index is 1.61. The highest BCUT2D eigenvalue weighted by molar-refractivity contribution is 7.85. The maximum atomic E-state index is 14.5. The first kappa shape index (κ1) is 45.3. The van der Waals surface area contributed by atoms with Crippen LogP contribution in [0.5, 0.6) is 0 Å². The molecule has 5 rings (SSSR count). The largest absolute Gasteiger partial charge is 0.481 e. The summed E-state index contributed by atoms with van der Waals surface area (Å²) >= 11 is 0. The number of benzene rings is 2. The number of carbonyl (C=O) groups excluding carboxylic acids is 2. The van der Waals surface area contributed by atoms with E-state index < -0.39 is 39.1 Å². The number of amides is 2. The molecule has 0 fully saturated rings. The zero-order chi connectivity index (χ0) is 43.0. The van der Waals surface area contributed by atoms with Crippen molar-refractivity contribution in [1.82, 2.24) is 10.6 Å². The average molecular weight is 828 g/mol. The van der Waals surface area contributed by atoms with Gasteiger partial charge in [0.2, 0.25) is 17.5 Å². The van der Waals surface area contributed by atoms with Crippen molar-refractivity contribution in [2.45, 2.75) is 110 Å². The van der Waals surface area contributed by atoms with Gasteiger partial charge in [0.1, 0.15) is 12.0 Å². The first-order chi connectivity index (χ1) is 28.0. The normalized spacial score (nSPS) is 20.9. The van der Waals surface area contributed by atoms with Crippen molar-refractivity contribution in [1.29, 1.82) is 0 Å². The summed E-state index contributed by atoms with van der Waals surface area (Å²) in [6.45, 7) is 14.7. The van der Waals surface area contributed by atoms with Crippen LogP contribution in [0, 0.1) is 5.41 Å². The Labute approximate surface area is 350 Å². The van der Waals surface area contributed by atoms with Crippen molar-refractivity contribution < 1.29 is 37.0 Å². The van der Waals surface area contributed by atoms with E-state index in [0.29, 0.717) is 19.3 Å². The third kappa shape index (κ3) is 10.3. The number of anilines is 1. The number of hydrogen-bond donors (Lipinski definition) is 4. The lowest BCUT2D eigenvalue weighted by atomic mass is 9.70. The maximum Gasteiger partial charge on any atom is 0.303 e. The molecule has 1 unspecified atom stereocenters. The molecule has 2 aliphatic heterocycles. The topological polar surface area (TPSA) is 156 Å². The van der Waals surface area contributed by atoms with Crippen molar-refractivity contribution in [2.75, 3.05) is 36.8 Å². The van der Waals surface area contributed by atoms with Crippen LogP contribution in [0.4, 0.5) is 11.4 Å². The summed E-state index contributed by atoms with van der Waals surface area (Å²) in [7, 11) is -4.38. The predicted octanol–water partition coefficient (Wildman–Crippen LogP) is 7.91. The molecule has 12 heteroatoms. The maximum absolute atomic E-state index is 14.5. The van der Waals surface area contributed by atoms with Crippen LogP contribution in [0.2, 0.25) is 0 Å². The van der Waals surface area contributed by atoms with Gasteiger partial charge in [0.15, 0.2) is 5.71 Å². The van der Waals surface area contributed by atoms with Crippen LogP contribution < -0.4 is 15.5 Å². The molecule has 1 atom stereocenters. The van der Waals surface area contributed by atoms with E-state index in [9.17, 15) is 27.4 Å². The van der Waals surface area contributed by atoms with Crippen LogP contribution in [0.1, 0.15) is 110 Å². The Morgan fingerprint density at radius 3 is 2.17 bits per heavy atom. The first-order valence-electron chi connectivity index (χ1n) is 21.1. The Morgan fingerprint density at radius 1 is 0.814 bits per heavy atom. The number of hydrogen-bond acceptors (Lipinski definition) is 6. The molecule has 2 amide bonds. The quantitative estimate of drug-likeness (QED) is 0.0482. The molecule has 0 spiro atoms. The average Bonchev–Trinajstić information content (AvgIpc) is 3.53. The summed E-state index contributed by atoms with van der Waals surface area (Å²) in [4.78, 5) is 42.4. The van der Waals surface area contributed by atoms with E-state index in [4.69, 9.17) is 5.11 Å². The fourth-order valence-electron chi connectivity index (χ4n) is 8.83. The number of carboxylic acid groups (broad SMARTS) is 1. The van der Waals surface area contributed by atoms with Gasteiger partial charge >= 0.3 is 5.97 Å². The van der Waals surface area contributed by atoms with E-state index in [-0.39, 0.29) is 43.2 Å². The number of aliphatic carboxylic acids is 1. The van der Waals surface area contributed by atoms with Gasteiger partial charge in [0, 0.05) is 67.0 Å². The molecule has 0 aromatic heterocycles. The molecule has 2 aromatic rings. The lowest BCUT2D eigenvalue weighted by Gasteiger charge is -2.35. The minimum absolute atomic E-state index is 0.0343. The van der Waals surface area contributed by atoms with Gasteiger partial charge in [-0.1, -0.05) is 95.2 Å². The highest BCUT2D eigenvalue weighted by Gasteiger charge is 2.49. The van der Waals surface area contributed by atoms with Gasteiger partial charge in [-0.05, 0) is 74.8 Å². The molecule has 59 heavy (non-hydrogen) atoms. The Hall–Kier alpha value is -4.81. The van der Waals surface area contributed by atoms with Crippen molar-refractivity contribution in [3.05, 3.63) is 107 Å². The molecule has 0 bridgehead atoms. The van der Waals surface area contributed by atoms with Gasteiger partial charge in [-0.25, -0.2) is 0 Å². The molecule has 1 aliphatic carbocycles. The van der Waals surface area contributed by atoms with Crippen molar-refractivity contribution >= 4 is 45.0 Å². The van der Waals surface area contributed by atoms with Crippen LogP contribution in [0.15, 0.2) is 95.8 Å². The van der Waals surface area contributed by atoms with E-state index in [2.05, 4.69) is 122 Å². The molecule has 0 saturated heterocycles. The summed E-state index contributed by atoms with van der Waals surface area (Å²) < 4.78 is 35.2. The molecule has 0 radical (unpaired) electrons. The van der Waals surface area contributed by atoms with Crippen molar-refractivity contribution in [3.63, 3.8) is 0 Å². The van der Waals surface area contributed by atoms with Crippen LogP contribution in [0.3, 0.4) is 0 Å². The fraction of sp³-hybridized carbons (Fsp3) is 0.489. The van der Waals surface area contributed by atoms with E-state index in [1.807, 2.05) is 18.2 Å². The summed E-state index contributed by atoms with van der Waals surface area (Å²) in [5.41, 5.74) is 6.24. The Bertz CT molecular complexity index is 2180. The van der Waals surface area contributed by atoms with Gasteiger partial charge < -0.3 is 20.6 Å². The number of carboxylic acids is 1. The fourth-order valence-corrected chi connectivity index (χ4v) is 9.19. The SMILES string of the molecule is CCCCN1C(=CC=C2C=C(C=CC3=[N+](CCC)c4ccccc4C3(C)C)CC(C(=O)NCCCCCC(=O)O)(C(=O)NCCS(=O)(=O)O)C2)C(C)(C)c2ccccc21. The summed E-state index contributed by atoms with van der Waals surface area (Å²) in [6.07, 6.45) is 15.0. The molecular weight excluding hydrogens is 765 g/mol. The summed E-state index contributed by atoms with van der Waals surface area (Å²) in [6, 6.07) is 16.8. The second-order valence-electron chi connectivity index (χ2n) is 17.1. The van der Waals surface area contributed by atoms with E-state index >= 15 is 0 Å². The smallest absolute Gasteiger partial charge is 0.303 e. The lowest BCUT2D eigenvalue weighted by Crippen LogP contribution is -2.53. The molecule has 2 heterocycles. The molecule has 0 saturated carbocycles. The highest BCUT2D eigenvalue weighted by atomic mass is 32.2. The predicted molar refractivity (Wildman–Crippen MR) is 235 cm³/mol. The standard InChI is InChI=1S/C47H62N4O7S/c1-7-9-29-51-39-20-15-13-18-37(39)46(5,6)41(51)25-23-35-31-34(22-24-40-45(3,4)36-17-12-14-19-38(36)50(40)28-8-2)32-47(33-35,44(55)49-27-30-59(56,57)58)43(54)48-26-16-10-11-21-42(52)53/h12-15,17-20,22-25,31H,7-11,16,21,26-30,32-33H2,1-6H3,(H3-,48,49,52,53,54,55,56,57,58)/p+1. The van der Waals surface area contributed by atoms with Gasteiger partial charge in [0.05, 0.1) is 11.2 Å². The monoisotopic (exact) mass is 827 g/mol. The zero-order valence-electron chi connectivity index (χ0n) is 35.6. The van der Waals surface area contributed by atoms with Gasteiger partial charge in [-0.2, -0.15) is 13.0 Å². The number of nitrogens with one attached hydrogen (secondary N) is 2. The van der Waals surface area contributed by atoms with Crippen molar-refractivity contribution in [2.24, 2.45) is 5.41 Å². The molecule has 2 aromatic carbocycles. The number of fused-ring (bicyclic) bond motifs is 2. The minimum Gasteiger partial charge on any atom is -0.481 e. The van der Waals surface area contributed by atoms with Crippen LogP contribution in [-0.4, -0.2) is 78.1 Å². The number of carbonyl (C=O) groups is 3. The highest BCUT2D eigenvalue weighted by Crippen LogP contribution is 2.48. The van der Waals surface area contributed by atoms with Gasteiger partial charge in [-0.3, -0.25) is 18.9 Å². The summed E-state index contributed by atoms with van der Waals surface area (Å²) in [5, 5.41) is 14.7. The number of para-hydroxylation sites is 2. The third-order valence-corrected chi connectivity index (χ3v) is 12.7. The van der Waals surface area contributed by atoms with Crippen LogP contribution in [0.25, 0.3) is 0 Å². The molecule has 3 aliphatic rings. The number of rotatable bonds is 19. The second kappa shape index (κ2) is 19.1. The number of allylic oxidation sites excluding steroid dienone is 8. The number of nitrogens with zero attached hydrogens (tertiary/aromatic N) is 2.